The molecule has 4 unspecified atom stereocenters. The normalized spacial score (nSPS) is 19.5. The lowest BCUT2D eigenvalue weighted by atomic mass is 9.91. The van der Waals surface area contributed by atoms with Gasteiger partial charge in [-0.2, -0.15) is 0 Å². The fourth-order valence-electron chi connectivity index (χ4n) is 4.80. The van der Waals surface area contributed by atoms with E-state index in [1.807, 2.05) is 48.5 Å². The number of carbonyl (C=O) groups is 5. The van der Waals surface area contributed by atoms with Gasteiger partial charge >= 0.3 is 23.9 Å². The Morgan fingerprint density at radius 2 is 1.62 bits per heavy atom. The van der Waals surface area contributed by atoms with Gasteiger partial charge in [-0.05, 0) is 24.5 Å². The molecule has 1 aliphatic heterocycles. The monoisotopic (exact) mass is 662 g/mol. The number of esters is 4. The maximum absolute atomic E-state index is 13.5. The highest BCUT2D eigenvalue weighted by molar-refractivity contribution is 5.99. The van der Waals surface area contributed by atoms with E-state index in [9.17, 15) is 24.0 Å². The highest BCUT2D eigenvalue weighted by atomic mass is 16.6. The summed E-state index contributed by atoms with van der Waals surface area (Å²) in [6, 6.07) is 18.1. The van der Waals surface area contributed by atoms with Crippen molar-refractivity contribution < 1.29 is 52.4 Å². The second-order valence-corrected chi connectivity index (χ2v) is 11.3. The summed E-state index contributed by atoms with van der Waals surface area (Å²) in [6.45, 7) is 3.88. The minimum Gasteiger partial charge on any atom is -0.493 e. The lowest BCUT2D eigenvalue weighted by molar-refractivity contribution is -0.176. The molecule has 48 heavy (non-hydrogen) atoms. The summed E-state index contributed by atoms with van der Waals surface area (Å²) in [7, 11) is 1.31. The van der Waals surface area contributed by atoms with Crippen LogP contribution in [-0.4, -0.2) is 73.3 Å². The van der Waals surface area contributed by atoms with Crippen LogP contribution in [0.1, 0.15) is 42.4 Å². The van der Waals surface area contributed by atoms with Gasteiger partial charge in [-0.25, -0.2) is 14.6 Å². The van der Waals surface area contributed by atoms with Crippen LogP contribution in [0.15, 0.2) is 72.9 Å². The third-order valence-corrected chi connectivity index (χ3v) is 7.32. The summed E-state index contributed by atoms with van der Waals surface area (Å²) in [4.78, 5) is 69.7. The van der Waals surface area contributed by atoms with Crippen LogP contribution in [0, 0.1) is 11.8 Å². The molecule has 1 saturated heterocycles. The first kappa shape index (κ1) is 35.6. The van der Waals surface area contributed by atoms with Crippen molar-refractivity contribution in [3.8, 4) is 11.5 Å². The molecule has 13 nitrogen and oxygen atoms in total. The number of nitrogens with one attached hydrogen (secondary N) is 1. The molecule has 4 atom stereocenters. The number of cyclic esters (lactones) is 2. The number of carbonyl (C=O) groups excluding carboxylic acids is 5. The number of nitrogens with zero attached hydrogens (tertiary/aromatic N) is 1. The predicted octanol–water partition coefficient (Wildman–Crippen LogP) is 3.23. The van der Waals surface area contributed by atoms with Gasteiger partial charge in [0.2, 0.25) is 5.75 Å². The molecule has 0 radical (unpaired) electrons. The summed E-state index contributed by atoms with van der Waals surface area (Å²) >= 11 is 0. The zero-order valence-corrected chi connectivity index (χ0v) is 27.1. The van der Waals surface area contributed by atoms with E-state index >= 15 is 0 Å². The standard InChI is InChI=1S/C35H38N2O11/c1-21(2)33(40)48-30-22(3)46-35(42)26(19-45-34(41)25(30)17-23-11-7-5-8-12-23)37-32(39)29-31(27(43-4)15-16-36-29)47-28(38)20-44-18-24-13-9-6-10-14-24/h5-16,21-22,25-26,30H,17-20H2,1-4H3,(H,37,39). The molecular formula is C35H38N2O11. The van der Waals surface area contributed by atoms with Crippen molar-refractivity contribution in [1.29, 1.82) is 0 Å². The zero-order valence-electron chi connectivity index (χ0n) is 27.1. The van der Waals surface area contributed by atoms with Crippen LogP contribution in [0.4, 0.5) is 0 Å². The number of hydrogen-bond donors (Lipinski definition) is 1. The molecule has 0 spiro atoms. The van der Waals surface area contributed by atoms with Gasteiger partial charge in [-0.3, -0.25) is 14.4 Å². The molecule has 1 aromatic heterocycles. The predicted molar refractivity (Wildman–Crippen MR) is 169 cm³/mol. The molecule has 1 N–H and O–H groups in total. The van der Waals surface area contributed by atoms with Crippen LogP contribution in [0.3, 0.4) is 0 Å². The van der Waals surface area contributed by atoms with Gasteiger partial charge in [0, 0.05) is 12.3 Å². The minimum atomic E-state index is -1.49. The number of benzene rings is 2. The van der Waals surface area contributed by atoms with E-state index in [4.69, 9.17) is 28.4 Å². The van der Waals surface area contributed by atoms with Crippen molar-refractivity contribution >= 4 is 29.8 Å². The van der Waals surface area contributed by atoms with Crippen molar-refractivity contribution in [1.82, 2.24) is 10.3 Å². The molecule has 1 amide bonds. The Bertz CT molecular complexity index is 1580. The number of hydrogen-bond acceptors (Lipinski definition) is 12. The summed E-state index contributed by atoms with van der Waals surface area (Å²) in [5, 5.41) is 2.45. The fraction of sp³-hybridized carbons (Fsp3) is 0.371. The van der Waals surface area contributed by atoms with Gasteiger partial charge in [0.15, 0.2) is 23.6 Å². The molecule has 0 bridgehead atoms. The second kappa shape index (κ2) is 17.0. The largest absolute Gasteiger partial charge is 0.493 e. The molecule has 1 fully saturated rings. The van der Waals surface area contributed by atoms with E-state index in [0.717, 1.165) is 11.1 Å². The number of amides is 1. The lowest BCUT2D eigenvalue weighted by Gasteiger charge is -2.29. The van der Waals surface area contributed by atoms with Crippen molar-refractivity contribution in [2.45, 2.75) is 52.0 Å². The van der Waals surface area contributed by atoms with E-state index in [0.29, 0.717) is 0 Å². The average molecular weight is 663 g/mol. The molecule has 13 heteroatoms. The first-order chi connectivity index (χ1) is 23.1. The maximum atomic E-state index is 13.5. The van der Waals surface area contributed by atoms with Gasteiger partial charge in [-0.15, -0.1) is 0 Å². The van der Waals surface area contributed by atoms with Crippen molar-refractivity contribution in [3.63, 3.8) is 0 Å². The molecule has 3 aromatic rings. The van der Waals surface area contributed by atoms with Gasteiger partial charge in [0.05, 0.1) is 19.6 Å². The molecule has 2 aromatic carbocycles. The number of aromatic nitrogens is 1. The molecule has 0 saturated carbocycles. The molecule has 0 aliphatic carbocycles. The maximum Gasteiger partial charge on any atom is 0.337 e. The lowest BCUT2D eigenvalue weighted by Crippen LogP contribution is -2.47. The van der Waals surface area contributed by atoms with Gasteiger partial charge in [0.25, 0.3) is 5.91 Å². The van der Waals surface area contributed by atoms with Crippen LogP contribution >= 0.6 is 0 Å². The molecular weight excluding hydrogens is 624 g/mol. The van der Waals surface area contributed by atoms with Crippen LogP contribution in [0.5, 0.6) is 11.5 Å². The first-order valence-electron chi connectivity index (χ1n) is 15.3. The van der Waals surface area contributed by atoms with Crippen LogP contribution in [0.2, 0.25) is 0 Å². The molecule has 2 heterocycles. The van der Waals surface area contributed by atoms with Crippen molar-refractivity contribution in [3.05, 3.63) is 89.7 Å². The van der Waals surface area contributed by atoms with Crippen molar-refractivity contribution in [2.75, 3.05) is 20.3 Å². The average Bonchev–Trinajstić information content (AvgIpc) is 3.11. The molecule has 4 rings (SSSR count). The Kier molecular flexibility index (Phi) is 12.6. The van der Waals surface area contributed by atoms with Crippen LogP contribution in [0.25, 0.3) is 0 Å². The van der Waals surface area contributed by atoms with Crippen LogP contribution < -0.4 is 14.8 Å². The Balaban J connectivity index is 1.51. The van der Waals surface area contributed by atoms with Crippen LogP contribution in [-0.2, 0) is 51.2 Å². The molecule has 254 valence electrons. The third-order valence-electron chi connectivity index (χ3n) is 7.32. The third kappa shape index (κ3) is 9.61. The van der Waals surface area contributed by atoms with E-state index in [1.165, 1.54) is 26.3 Å². The summed E-state index contributed by atoms with van der Waals surface area (Å²) in [5.74, 6) is -5.91. The number of rotatable bonds is 12. The highest BCUT2D eigenvalue weighted by Gasteiger charge is 2.42. The van der Waals surface area contributed by atoms with E-state index in [2.05, 4.69) is 10.3 Å². The van der Waals surface area contributed by atoms with Gasteiger partial charge in [0.1, 0.15) is 25.2 Å². The smallest absolute Gasteiger partial charge is 0.337 e. The molecule has 1 aliphatic rings. The Morgan fingerprint density at radius 1 is 0.958 bits per heavy atom. The van der Waals surface area contributed by atoms with E-state index < -0.39 is 73.1 Å². The zero-order chi connectivity index (χ0) is 34.6. The number of pyridine rings is 1. The number of ether oxygens (including phenoxy) is 6. The van der Waals surface area contributed by atoms with E-state index in [1.54, 1.807) is 26.0 Å². The summed E-state index contributed by atoms with van der Waals surface area (Å²) in [5.41, 5.74) is 1.23. The first-order valence-corrected chi connectivity index (χ1v) is 15.3. The Morgan fingerprint density at radius 3 is 2.27 bits per heavy atom. The summed E-state index contributed by atoms with van der Waals surface area (Å²) in [6.07, 6.45) is -0.892. The summed E-state index contributed by atoms with van der Waals surface area (Å²) < 4.78 is 33.0. The topological polar surface area (TPSA) is 166 Å². The van der Waals surface area contributed by atoms with Gasteiger partial charge in [-0.1, -0.05) is 74.5 Å². The quantitative estimate of drug-likeness (QED) is 0.223. The SMILES string of the molecule is COc1ccnc(C(=O)NC2COC(=O)C(Cc3ccccc3)C(OC(=O)C(C)C)C(C)OC2=O)c1OC(=O)COCc1ccccc1. The van der Waals surface area contributed by atoms with E-state index in [-0.39, 0.29) is 30.2 Å². The second-order valence-electron chi connectivity index (χ2n) is 11.3. The van der Waals surface area contributed by atoms with Crippen molar-refractivity contribution in [2.24, 2.45) is 11.8 Å². The Hall–Kier alpha value is -5.30. The highest BCUT2D eigenvalue weighted by Crippen LogP contribution is 2.30. The number of methoxy groups -OCH3 is 1. The fourth-order valence-corrected chi connectivity index (χ4v) is 4.80. The minimum absolute atomic E-state index is 0.0159. The Labute approximate surface area is 277 Å². The van der Waals surface area contributed by atoms with Gasteiger partial charge < -0.3 is 33.7 Å².